The van der Waals surface area contributed by atoms with Gasteiger partial charge >= 0.3 is 0 Å². The molecule has 0 saturated heterocycles. The number of aryl methyl sites for hydroxylation is 1. The maximum absolute atomic E-state index is 5.43. The van der Waals surface area contributed by atoms with Crippen molar-refractivity contribution in [1.82, 2.24) is 10.3 Å². The molecule has 0 bridgehead atoms. The Balaban J connectivity index is 2.08. The SMILES string of the molecule is COc1ccc(CNCc2ncc(C)o2)c(OC)c1OC. The Morgan fingerprint density at radius 1 is 1.05 bits per heavy atom. The molecule has 0 spiro atoms. The van der Waals surface area contributed by atoms with Crippen molar-refractivity contribution in [2.24, 2.45) is 0 Å². The minimum atomic E-state index is 0.547. The summed E-state index contributed by atoms with van der Waals surface area (Å²) in [6.07, 6.45) is 1.70. The highest BCUT2D eigenvalue weighted by atomic mass is 16.5. The monoisotopic (exact) mass is 292 g/mol. The first-order valence-electron chi connectivity index (χ1n) is 6.59. The molecular weight excluding hydrogens is 272 g/mol. The highest BCUT2D eigenvalue weighted by Crippen LogP contribution is 2.39. The Hall–Kier alpha value is -2.21. The zero-order valence-electron chi connectivity index (χ0n) is 12.7. The molecule has 0 aliphatic rings. The van der Waals surface area contributed by atoms with Gasteiger partial charge in [-0.15, -0.1) is 0 Å². The van der Waals surface area contributed by atoms with Gasteiger partial charge in [0.25, 0.3) is 0 Å². The first-order chi connectivity index (χ1) is 10.2. The molecule has 0 fully saturated rings. The Kier molecular flexibility index (Phi) is 5.05. The van der Waals surface area contributed by atoms with Gasteiger partial charge in [0.15, 0.2) is 11.5 Å². The maximum atomic E-state index is 5.43. The minimum absolute atomic E-state index is 0.547. The van der Waals surface area contributed by atoms with Crippen molar-refractivity contribution in [2.45, 2.75) is 20.0 Å². The van der Waals surface area contributed by atoms with Crippen LogP contribution in [-0.4, -0.2) is 26.3 Å². The molecule has 0 saturated carbocycles. The zero-order valence-corrected chi connectivity index (χ0v) is 12.7. The second-order valence-corrected chi connectivity index (χ2v) is 4.46. The molecule has 1 N–H and O–H groups in total. The lowest BCUT2D eigenvalue weighted by Crippen LogP contribution is -2.14. The average Bonchev–Trinajstić information content (AvgIpc) is 2.91. The first-order valence-corrected chi connectivity index (χ1v) is 6.59. The van der Waals surface area contributed by atoms with E-state index in [-0.39, 0.29) is 0 Å². The topological polar surface area (TPSA) is 65.8 Å². The van der Waals surface area contributed by atoms with Crippen molar-refractivity contribution in [3.63, 3.8) is 0 Å². The van der Waals surface area contributed by atoms with Crippen LogP contribution in [0.4, 0.5) is 0 Å². The summed E-state index contributed by atoms with van der Waals surface area (Å²) in [5.74, 6) is 3.35. The Bertz CT molecular complexity index is 595. The fourth-order valence-electron chi connectivity index (χ4n) is 2.09. The Morgan fingerprint density at radius 2 is 1.81 bits per heavy atom. The van der Waals surface area contributed by atoms with Crippen molar-refractivity contribution in [1.29, 1.82) is 0 Å². The van der Waals surface area contributed by atoms with Crippen LogP contribution in [0, 0.1) is 6.92 Å². The van der Waals surface area contributed by atoms with Crippen molar-refractivity contribution in [2.75, 3.05) is 21.3 Å². The molecule has 0 unspecified atom stereocenters. The largest absolute Gasteiger partial charge is 0.493 e. The predicted octanol–water partition coefficient (Wildman–Crippen LogP) is 2.30. The van der Waals surface area contributed by atoms with E-state index in [1.807, 2.05) is 19.1 Å². The normalized spacial score (nSPS) is 10.5. The van der Waals surface area contributed by atoms with Crippen LogP contribution in [-0.2, 0) is 13.1 Å². The summed E-state index contributed by atoms with van der Waals surface area (Å²) >= 11 is 0. The molecule has 1 heterocycles. The number of nitrogens with one attached hydrogen (secondary N) is 1. The summed E-state index contributed by atoms with van der Waals surface area (Å²) in [7, 11) is 4.80. The fraction of sp³-hybridized carbons (Fsp3) is 0.400. The van der Waals surface area contributed by atoms with Crippen LogP contribution < -0.4 is 19.5 Å². The number of benzene rings is 1. The number of hydrogen-bond donors (Lipinski definition) is 1. The summed E-state index contributed by atoms with van der Waals surface area (Å²) < 4.78 is 21.5. The lowest BCUT2D eigenvalue weighted by Gasteiger charge is -2.15. The van der Waals surface area contributed by atoms with E-state index < -0.39 is 0 Å². The molecule has 1 aromatic carbocycles. The molecule has 0 atom stereocenters. The quantitative estimate of drug-likeness (QED) is 0.844. The number of ether oxygens (including phenoxy) is 3. The minimum Gasteiger partial charge on any atom is -0.493 e. The molecule has 0 radical (unpaired) electrons. The molecule has 0 aliphatic heterocycles. The third-order valence-corrected chi connectivity index (χ3v) is 3.05. The van der Waals surface area contributed by atoms with E-state index in [4.69, 9.17) is 18.6 Å². The second kappa shape index (κ2) is 6.99. The number of oxazole rings is 1. The van der Waals surface area contributed by atoms with Gasteiger partial charge in [0, 0.05) is 12.1 Å². The van der Waals surface area contributed by atoms with Gasteiger partial charge in [-0.1, -0.05) is 6.07 Å². The lowest BCUT2D eigenvalue weighted by molar-refractivity contribution is 0.321. The van der Waals surface area contributed by atoms with E-state index in [9.17, 15) is 0 Å². The van der Waals surface area contributed by atoms with Crippen molar-refractivity contribution in [3.05, 3.63) is 35.5 Å². The van der Waals surface area contributed by atoms with Gasteiger partial charge in [0.2, 0.25) is 11.6 Å². The number of nitrogens with zero attached hydrogens (tertiary/aromatic N) is 1. The predicted molar refractivity (Wildman–Crippen MR) is 77.9 cm³/mol. The van der Waals surface area contributed by atoms with Gasteiger partial charge in [0.05, 0.1) is 34.1 Å². The van der Waals surface area contributed by atoms with E-state index in [0.29, 0.717) is 36.2 Å². The number of aromatic nitrogens is 1. The third kappa shape index (κ3) is 3.46. The highest BCUT2D eigenvalue weighted by Gasteiger charge is 2.15. The van der Waals surface area contributed by atoms with E-state index in [1.165, 1.54) is 0 Å². The molecule has 0 amide bonds. The van der Waals surface area contributed by atoms with E-state index in [2.05, 4.69) is 10.3 Å². The summed E-state index contributed by atoms with van der Waals surface area (Å²) in [4.78, 5) is 4.15. The summed E-state index contributed by atoms with van der Waals surface area (Å²) in [5.41, 5.74) is 0.971. The molecule has 6 heteroatoms. The molecule has 1 aromatic heterocycles. The van der Waals surface area contributed by atoms with Crippen LogP contribution in [0.3, 0.4) is 0 Å². The van der Waals surface area contributed by atoms with Crippen LogP contribution >= 0.6 is 0 Å². The molecule has 0 aliphatic carbocycles. The highest BCUT2D eigenvalue weighted by molar-refractivity contribution is 5.55. The van der Waals surface area contributed by atoms with Gasteiger partial charge < -0.3 is 23.9 Å². The molecule has 2 rings (SSSR count). The van der Waals surface area contributed by atoms with Gasteiger partial charge in [-0.05, 0) is 13.0 Å². The van der Waals surface area contributed by atoms with E-state index in [1.54, 1.807) is 27.5 Å². The molecule has 6 nitrogen and oxygen atoms in total. The average molecular weight is 292 g/mol. The summed E-state index contributed by atoms with van der Waals surface area (Å²) in [6, 6.07) is 3.79. The van der Waals surface area contributed by atoms with Crippen LogP contribution in [0.2, 0.25) is 0 Å². The Labute approximate surface area is 124 Å². The number of rotatable bonds is 7. The fourth-order valence-corrected chi connectivity index (χ4v) is 2.09. The van der Waals surface area contributed by atoms with Gasteiger partial charge in [0.1, 0.15) is 5.76 Å². The van der Waals surface area contributed by atoms with Crippen LogP contribution in [0.5, 0.6) is 17.2 Å². The third-order valence-electron chi connectivity index (χ3n) is 3.05. The zero-order chi connectivity index (χ0) is 15.2. The van der Waals surface area contributed by atoms with Crippen molar-refractivity contribution < 1.29 is 18.6 Å². The van der Waals surface area contributed by atoms with Gasteiger partial charge in [-0.3, -0.25) is 0 Å². The van der Waals surface area contributed by atoms with Crippen LogP contribution in [0.25, 0.3) is 0 Å². The molecular formula is C15H20N2O4. The number of methoxy groups -OCH3 is 3. The Morgan fingerprint density at radius 3 is 2.38 bits per heavy atom. The van der Waals surface area contributed by atoms with Crippen molar-refractivity contribution in [3.8, 4) is 17.2 Å². The van der Waals surface area contributed by atoms with E-state index in [0.717, 1.165) is 11.3 Å². The van der Waals surface area contributed by atoms with Crippen molar-refractivity contribution >= 4 is 0 Å². The standard InChI is InChI=1S/C15H20N2O4/c1-10-7-17-13(21-10)9-16-8-11-5-6-12(18-2)15(20-4)14(11)19-3/h5-7,16H,8-9H2,1-4H3. The molecule has 2 aromatic rings. The van der Waals surface area contributed by atoms with Crippen LogP contribution in [0.15, 0.2) is 22.7 Å². The van der Waals surface area contributed by atoms with E-state index >= 15 is 0 Å². The maximum Gasteiger partial charge on any atom is 0.208 e. The summed E-state index contributed by atoms with van der Waals surface area (Å²) in [6.45, 7) is 3.02. The van der Waals surface area contributed by atoms with Gasteiger partial charge in [-0.25, -0.2) is 4.98 Å². The first kappa shape index (κ1) is 15.2. The summed E-state index contributed by atoms with van der Waals surface area (Å²) in [5, 5.41) is 3.26. The second-order valence-electron chi connectivity index (χ2n) is 4.46. The van der Waals surface area contributed by atoms with Gasteiger partial charge in [-0.2, -0.15) is 0 Å². The number of hydrogen-bond acceptors (Lipinski definition) is 6. The lowest BCUT2D eigenvalue weighted by atomic mass is 10.1. The molecule has 114 valence electrons. The van der Waals surface area contributed by atoms with Crippen LogP contribution in [0.1, 0.15) is 17.2 Å². The smallest absolute Gasteiger partial charge is 0.208 e. The molecule has 21 heavy (non-hydrogen) atoms.